The van der Waals surface area contributed by atoms with Crippen molar-refractivity contribution in [1.82, 2.24) is 19.9 Å². The normalized spacial score (nSPS) is 15.5. The van der Waals surface area contributed by atoms with Gasteiger partial charge in [-0.3, -0.25) is 0 Å². The summed E-state index contributed by atoms with van der Waals surface area (Å²) in [6.45, 7) is 14.1. The standard InChI is InChI=1S/C26H35N5O3/c1-6-18-11-19(13-21(12-18)34-17-20(32)15-27-5)23-14-24(30-7-9-33-10-8-30)31-25(29-23)22(16-28-31)26(2,3)4/h6,11-14,16,20,27,32H,1,7-10,15,17H2,2-5H3. The zero-order chi connectivity index (χ0) is 24.3. The number of aliphatic hydroxyl groups excluding tert-OH is 1. The number of hydrogen-bond acceptors (Lipinski definition) is 7. The fourth-order valence-corrected chi connectivity index (χ4v) is 4.10. The van der Waals surface area contributed by atoms with Crippen LogP contribution in [0.15, 0.2) is 37.0 Å². The molecule has 1 fully saturated rings. The lowest BCUT2D eigenvalue weighted by molar-refractivity contribution is 0.108. The van der Waals surface area contributed by atoms with Crippen LogP contribution in [0.3, 0.4) is 0 Å². The van der Waals surface area contributed by atoms with E-state index >= 15 is 0 Å². The molecular weight excluding hydrogens is 430 g/mol. The Morgan fingerprint density at radius 2 is 2.00 bits per heavy atom. The van der Waals surface area contributed by atoms with Crippen molar-refractivity contribution in [2.24, 2.45) is 0 Å². The SMILES string of the molecule is C=Cc1cc(OCC(O)CNC)cc(-c2cc(N3CCOCC3)n3ncc(C(C)(C)C)c3n2)c1. The third kappa shape index (κ3) is 5.24. The molecule has 3 aromatic rings. The van der Waals surface area contributed by atoms with Gasteiger partial charge < -0.3 is 24.8 Å². The number of hydrogen-bond donors (Lipinski definition) is 2. The quantitative estimate of drug-likeness (QED) is 0.529. The van der Waals surface area contributed by atoms with Crippen molar-refractivity contribution in [1.29, 1.82) is 0 Å². The molecule has 1 aromatic carbocycles. The van der Waals surface area contributed by atoms with Crippen molar-refractivity contribution in [2.75, 3.05) is 51.4 Å². The summed E-state index contributed by atoms with van der Waals surface area (Å²) < 4.78 is 13.4. The minimum Gasteiger partial charge on any atom is -0.491 e. The molecule has 1 unspecified atom stereocenters. The van der Waals surface area contributed by atoms with Gasteiger partial charge in [-0.05, 0) is 36.2 Å². The van der Waals surface area contributed by atoms with Crippen LogP contribution in [-0.2, 0) is 10.2 Å². The van der Waals surface area contributed by atoms with E-state index in [4.69, 9.17) is 19.6 Å². The maximum absolute atomic E-state index is 10.1. The Labute approximate surface area is 201 Å². The highest BCUT2D eigenvalue weighted by Crippen LogP contribution is 2.33. The summed E-state index contributed by atoms with van der Waals surface area (Å²) in [6, 6.07) is 8.02. The summed E-state index contributed by atoms with van der Waals surface area (Å²) in [5.41, 5.74) is 4.53. The van der Waals surface area contributed by atoms with Gasteiger partial charge in [0.1, 0.15) is 24.3 Å². The number of aliphatic hydroxyl groups is 1. The number of nitrogens with zero attached hydrogens (tertiary/aromatic N) is 4. The Morgan fingerprint density at radius 1 is 1.24 bits per heavy atom. The zero-order valence-corrected chi connectivity index (χ0v) is 20.5. The monoisotopic (exact) mass is 465 g/mol. The number of aromatic nitrogens is 3. The molecule has 0 radical (unpaired) electrons. The molecule has 8 heteroatoms. The van der Waals surface area contributed by atoms with Gasteiger partial charge in [0.05, 0.1) is 25.1 Å². The maximum Gasteiger partial charge on any atom is 0.161 e. The molecule has 0 bridgehead atoms. The Balaban J connectivity index is 1.81. The second kappa shape index (κ2) is 10.1. The van der Waals surface area contributed by atoms with E-state index in [1.54, 1.807) is 13.1 Å². The largest absolute Gasteiger partial charge is 0.491 e. The Kier molecular flexibility index (Phi) is 7.21. The number of morpholine rings is 1. The second-order valence-electron chi connectivity index (χ2n) is 9.66. The summed E-state index contributed by atoms with van der Waals surface area (Å²) in [5, 5.41) is 17.7. The topological polar surface area (TPSA) is 84.2 Å². The molecule has 1 aliphatic rings. The molecule has 0 aliphatic carbocycles. The van der Waals surface area contributed by atoms with Crippen LogP contribution in [0.4, 0.5) is 5.82 Å². The first kappa shape index (κ1) is 24.2. The third-order valence-electron chi connectivity index (χ3n) is 5.94. The first-order chi connectivity index (χ1) is 16.3. The van der Waals surface area contributed by atoms with Crippen LogP contribution in [-0.4, -0.2) is 72.3 Å². The number of benzene rings is 1. The van der Waals surface area contributed by atoms with Gasteiger partial charge in [-0.25, -0.2) is 4.98 Å². The molecule has 4 rings (SSSR count). The molecule has 182 valence electrons. The highest BCUT2D eigenvalue weighted by Gasteiger charge is 2.24. The van der Waals surface area contributed by atoms with Gasteiger partial charge in [-0.15, -0.1) is 0 Å². The Morgan fingerprint density at radius 3 is 2.68 bits per heavy atom. The minimum absolute atomic E-state index is 0.101. The lowest BCUT2D eigenvalue weighted by atomic mass is 9.89. The predicted octanol–water partition coefficient (Wildman–Crippen LogP) is 3.13. The zero-order valence-electron chi connectivity index (χ0n) is 20.5. The first-order valence-electron chi connectivity index (χ1n) is 11.8. The Hall–Kier alpha value is -2.94. The van der Waals surface area contributed by atoms with E-state index < -0.39 is 6.10 Å². The average molecular weight is 466 g/mol. The van der Waals surface area contributed by atoms with Gasteiger partial charge in [0, 0.05) is 36.8 Å². The Bertz CT molecular complexity index is 1150. The van der Waals surface area contributed by atoms with Crippen molar-refractivity contribution in [3.8, 4) is 17.0 Å². The summed E-state index contributed by atoms with van der Waals surface area (Å²) in [5.74, 6) is 1.66. The molecule has 0 spiro atoms. The molecule has 1 aliphatic heterocycles. The highest BCUT2D eigenvalue weighted by molar-refractivity contribution is 5.72. The van der Waals surface area contributed by atoms with Crippen LogP contribution in [0.25, 0.3) is 23.0 Å². The van der Waals surface area contributed by atoms with Crippen LogP contribution in [0.5, 0.6) is 5.75 Å². The van der Waals surface area contributed by atoms with Crippen LogP contribution in [0.1, 0.15) is 31.9 Å². The molecule has 34 heavy (non-hydrogen) atoms. The van der Waals surface area contributed by atoms with Crippen LogP contribution >= 0.6 is 0 Å². The molecule has 0 amide bonds. The van der Waals surface area contributed by atoms with Crippen molar-refractivity contribution < 1.29 is 14.6 Å². The van der Waals surface area contributed by atoms with Gasteiger partial charge in [-0.2, -0.15) is 9.61 Å². The van der Waals surface area contributed by atoms with Gasteiger partial charge >= 0.3 is 0 Å². The molecule has 3 heterocycles. The van der Waals surface area contributed by atoms with Crippen LogP contribution in [0.2, 0.25) is 0 Å². The van der Waals surface area contributed by atoms with E-state index in [2.05, 4.69) is 49.7 Å². The van der Waals surface area contributed by atoms with Crippen molar-refractivity contribution in [3.05, 3.63) is 48.2 Å². The van der Waals surface area contributed by atoms with E-state index in [0.29, 0.717) is 25.5 Å². The van der Waals surface area contributed by atoms with Gasteiger partial charge in [0.2, 0.25) is 0 Å². The average Bonchev–Trinajstić information content (AvgIpc) is 3.27. The molecule has 2 N–H and O–H groups in total. The van der Waals surface area contributed by atoms with Gasteiger partial charge in [0.15, 0.2) is 5.65 Å². The molecule has 8 nitrogen and oxygen atoms in total. The van der Waals surface area contributed by atoms with E-state index in [0.717, 1.165) is 46.9 Å². The van der Waals surface area contributed by atoms with Gasteiger partial charge in [0.25, 0.3) is 0 Å². The molecule has 2 aromatic heterocycles. The number of ether oxygens (including phenoxy) is 2. The minimum atomic E-state index is -0.593. The van der Waals surface area contributed by atoms with E-state index in [1.165, 1.54) is 0 Å². The first-order valence-corrected chi connectivity index (χ1v) is 11.8. The van der Waals surface area contributed by atoms with Gasteiger partial charge in [-0.1, -0.05) is 33.4 Å². The number of fused-ring (bicyclic) bond motifs is 1. The highest BCUT2D eigenvalue weighted by atomic mass is 16.5. The van der Waals surface area contributed by atoms with E-state index in [1.807, 2.05) is 22.8 Å². The molecule has 0 saturated carbocycles. The van der Waals surface area contributed by atoms with Crippen LogP contribution in [0, 0.1) is 0 Å². The van der Waals surface area contributed by atoms with Crippen molar-refractivity contribution in [2.45, 2.75) is 32.3 Å². The smallest absolute Gasteiger partial charge is 0.161 e. The summed E-state index contributed by atoms with van der Waals surface area (Å²) in [6.07, 6.45) is 3.12. The summed E-state index contributed by atoms with van der Waals surface area (Å²) in [4.78, 5) is 7.36. The fraction of sp³-hybridized carbons (Fsp3) is 0.462. The molecular formula is C26H35N5O3. The summed E-state index contributed by atoms with van der Waals surface area (Å²) >= 11 is 0. The third-order valence-corrected chi connectivity index (χ3v) is 5.94. The lowest BCUT2D eigenvalue weighted by Crippen LogP contribution is -2.37. The van der Waals surface area contributed by atoms with E-state index in [9.17, 15) is 5.11 Å². The number of likely N-dealkylation sites (N-methyl/N-ethyl adjacent to an activating group) is 1. The fourth-order valence-electron chi connectivity index (χ4n) is 4.10. The summed E-state index contributed by atoms with van der Waals surface area (Å²) in [7, 11) is 1.80. The predicted molar refractivity (Wildman–Crippen MR) is 136 cm³/mol. The molecule has 1 atom stereocenters. The lowest BCUT2D eigenvalue weighted by Gasteiger charge is -2.29. The van der Waals surface area contributed by atoms with E-state index in [-0.39, 0.29) is 12.0 Å². The van der Waals surface area contributed by atoms with Crippen LogP contribution < -0.4 is 15.0 Å². The molecule has 1 saturated heterocycles. The van der Waals surface area contributed by atoms with Crippen molar-refractivity contribution in [3.63, 3.8) is 0 Å². The maximum atomic E-state index is 10.1. The van der Waals surface area contributed by atoms with Crippen molar-refractivity contribution >= 4 is 17.5 Å². The number of anilines is 1. The number of rotatable bonds is 8. The second-order valence-corrected chi connectivity index (χ2v) is 9.66. The number of nitrogens with one attached hydrogen (secondary N) is 1.